The second-order valence-corrected chi connectivity index (χ2v) is 6.14. The minimum Gasteiger partial charge on any atom is -0.357 e. The van der Waals surface area contributed by atoms with Crippen molar-refractivity contribution in [2.45, 2.75) is 39.5 Å². The topological polar surface area (TPSA) is 65.5 Å². The van der Waals surface area contributed by atoms with Crippen molar-refractivity contribution in [3.8, 4) is 0 Å². The number of aliphatic imine (C=N–C) groups is 1. The van der Waals surface area contributed by atoms with Gasteiger partial charge in [0.25, 0.3) is 0 Å². The van der Waals surface area contributed by atoms with Crippen LogP contribution in [0.1, 0.15) is 44.4 Å². The van der Waals surface area contributed by atoms with Crippen molar-refractivity contribution in [3.05, 3.63) is 22.4 Å². The van der Waals surface area contributed by atoms with Gasteiger partial charge in [0.2, 0.25) is 5.91 Å². The Balaban J connectivity index is 2.37. The van der Waals surface area contributed by atoms with Crippen LogP contribution in [-0.2, 0) is 4.79 Å². The van der Waals surface area contributed by atoms with Gasteiger partial charge >= 0.3 is 0 Å². The third-order valence-electron chi connectivity index (χ3n) is 3.11. The molecule has 1 rings (SSSR count). The number of nitrogens with one attached hydrogen (secondary N) is 3. The standard InChI is InChI=1S/C16H28N4OS/c1-4-9-18-15(21)8-10-19-16(17-5-2)20-12-13(3)14-7-6-11-22-14/h6-7,11,13H,4-5,8-10,12H2,1-3H3,(H,18,21)(H2,17,19,20). The first kappa shape index (κ1) is 18.5. The molecule has 0 bridgehead atoms. The summed E-state index contributed by atoms with van der Waals surface area (Å²) in [6.45, 7) is 9.13. The zero-order chi connectivity index (χ0) is 16.2. The summed E-state index contributed by atoms with van der Waals surface area (Å²) in [4.78, 5) is 17.5. The number of amides is 1. The molecule has 0 fully saturated rings. The van der Waals surface area contributed by atoms with E-state index in [1.807, 2.05) is 13.8 Å². The first-order valence-electron chi connectivity index (χ1n) is 7.99. The molecule has 0 aliphatic rings. The summed E-state index contributed by atoms with van der Waals surface area (Å²) >= 11 is 1.76. The zero-order valence-electron chi connectivity index (χ0n) is 13.8. The number of carbonyl (C=O) groups excluding carboxylic acids is 1. The highest BCUT2D eigenvalue weighted by atomic mass is 32.1. The Morgan fingerprint density at radius 3 is 2.73 bits per heavy atom. The average molecular weight is 324 g/mol. The van der Waals surface area contributed by atoms with Crippen LogP contribution in [0.15, 0.2) is 22.5 Å². The van der Waals surface area contributed by atoms with E-state index in [1.165, 1.54) is 4.88 Å². The predicted octanol–water partition coefficient (Wildman–Crippen LogP) is 2.32. The Kier molecular flexibility index (Phi) is 9.30. The van der Waals surface area contributed by atoms with Crippen molar-refractivity contribution < 1.29 is 4.79 Å². The SMILES string of the molecule is CCCNC(=O)CCNC(=NCC(C)c1cccs1)NCC. The van der Waals surface area contributed by atoms with Gasteiger partial charge in [-0.2, -0.15) is 0 Å². The van der Waals surface area contributed by atoms with Gasteiger partial charge in [-0.3, -0.25) is 9.79 Å². The molecule has 0 saturated carbocycles. The summed E-state index contributed by atoms with van der Waals surface area (Å²) < 4.78 is 0. The first-order valence-corrected chi connectivity index (χ1v) is 8.87. The van der Waals surface area contributed by atoms with Crippen LogP contribution in [0.5, 0.6) is 0 Å². The minimum atomic E-state index is 0.0807. The number of carbonyl (C=O) groups is 1. The summed E-state index contributed by atoms with van der Waals surface area (Å²) in [5.41, 5.74) is 0. The van der Waals surface area contributed by atoms with Gasteiger partial charge in [-0.25, -0.2) is 0 Å². The molecule has 1 aromatic heterocycles. The van der Waals surface area contributed by atoms with Gasteiger partial charge in [-0.15, -0.1) is 11.3 Å². The summed E-state index contributed by atoms with van der Waals surface area (Å²) in [7, 11) is 0. The molecule has 0 aromatic carbocycles. The largest absolute Gasteiger partial charge is 0.357 e. The second kappa shape index (κ2) is 11.1. The molecule has 3 N–H and O–H groups in total. The number of hydrogen-bond acceptors (Lipinski definition) is 3. The van der Waals surface area contributed by atoms with Crippen molar-refractivity contribution in [3.63, 3.8) is 0 Å². The second-order valence-electron chi connectivity index (χ2n) is 5.16. The Morgan fingerprint density at radius 1 is 1.27 bits per heavy atom. The van der Waals surface area contributed by atoms with E-state index in [4.69, 9.17) is 0 Å². The smallest absolute Gasteiger partial charge is 0.221 e. The number of guanidine groups is 1. The zero-order valence-corrected chi connectivity index (χ0v) is 14.6. The summed E-state index contributed by atoms with van der Waals surface area (Å²) in [6, 6.07) is 4.21. The Bertz CT molecular complexity index is 445. The van der Waals surface area contributed by atoms with Gasteiger partial charge in [0.1, 0.15) is 0 Å². The molecule has 1 amide bonds. The molecule has 1 unspecified atom stereocenters. The normalized spacial score (nSPS) is 12.8. The lowest BCUT2D eigenvalue weighted by Gasteiger charge is -2.13. The fraction of sp³-hybridized carbons (Fsp3) is 0.625. The highest BCUT2D eigenvalue weighted by molar-refractivity contribution is 7.10. The van der Waals surface area contributed by atoms with E-state index in [9.17, 15) is 4.79 Å². The van der Waals surface area contributed by atoms with Crippen molar-refractivity contribution >= 4 is 23.2 Å². The van der Waals surface area contributed by atoms with E-state index in [0.717, 1.165) is 32.0 Å². The lowest BCUT2D eigenvalue weighted by molar-refractivity contribution is -0.120. The van der Waals surface area contributed by atoms with Crippen LogP contribution in [0.4, 0.5) is 0 Å². The number of nitrogens with zero attached hydrogens (tertiary/aromatic N) is 1. The van der Waals surface area contributed by atoms with Gasteiger partial charge in [0, 0.05) is 36.9 Å². The fourth-order valence-corrected chi connectivity index (χ4v) is 2.66. The van der Waals surface area contributed by atoms with E-state index in [-0.39, 0.29) is 5.91 Å². The number of rotatable bonds is 9. The maximum Gasteiger partial charge on any atom is 0.221 e. The van der Waals surface area contributed by atoms with Crippen LogP contribution in [0.25, 0.3) is 0 Å². The van der Waals surface area contributed by atoms with Gasteiger partial charge in [0.15, 0.2) is 5.96 Å². The summed E-state index contributed by atoms with van der Waals surface area (Å²) in [6.07, 6.45) is 1.43. The lowest BCUT2D eigenvalue weighted by atomic mass is 10.1. The van der Waals surface area contributed by atoms with Crippen LogP contribution in [0, 0.1) is 0 Å². The molecular formula is C16H28N4OS. The van der Waals surface area contributed by atoms with Gasteiger partial charge in [-0.1, -0.05) is 19.9 Å². The summed E-state index contributed by atoms with van der Waals surface area (Å²) in [5, 5.41) is 11.4. The van der Waals surface area contributed by atoms with E-state index in [2.05, 4.69) is 45.4 Å². The molecule has 1 heterocycles. The highest BCUT2D eigenvalue weighted by Crippen LogP contribution is 2.20. The Labute approximate surface area is 137 Å². The number of hydrogen-bond donors (Lipinski definition) is 3. The molecule has 0 saturated heterocycles. The quantitative estimate of drug-likeness (QED) is 0.482. The molecule has 1 atom stereocenters. The third kappa shape index (κ3) is 7.45. The summed E-state index contributed by atoms with van der Waals surface area (Å²) in [5.74, 6) is 1.26. The molecule has 0 aliphatic carbocycles. The Morgan fingerprint density at radius 2 is 2.09 bits per heavy atom. The fourth-order valence-electron chi connectivity index (χ4n) is 1.88. The van der Waals surface area contributed by atoms with Crippen molar-refractivity contribution in [1.82, 2.24) is 16.0 Å². The first-order chi connectivity index (χ1) is 10.7. The van der Waals surface area contributed by atoms with Crippen LogP contribution >= 0.6 is 11.3 Å². The van der Waals surface area contributed by atoms with Crippen LogP contribution < -0.4 is 16.0 Å². The van der Waals surface area contributed by atoms with E-state index in [0.29, 0.717) is 18.9 Å². The molecule has 0 spiro atoms. The third-order valence-corrected chi connectivity index (χ3v) is 4.22. The minimum absolute atomic E-state index is 0.0807. The van der Waals surface area contributed by atoms with Gasteiger partial charge < -0.3 is 16.0 Å². The molecule has 124 valence electrons. The van der Waals surface area contributed by atoms with Gasteiger partial charge in [0.05, 0.1) is 6.54 Å². The molecule has 22 heavy (non-hydrogen) atoms. The van der Waals surface area contributed by atoms with Crippen molar-refractivity contribution in [1.29, 1.82) is 0 Å². The lowest BCUT2D eigenvalue weighted by Crippen LogP contribution is -2.39. The monoisotopic (exact) mass is 324 g/mol. The van der Waals surface area contributed by atoms with Gasteiger partial charge in [-0.05, 0) is 24.8 Å². The maximum atomic E-state index is 11.6. The molecule has 6 heteroatoms. The Hall–Kier alpha value is -1.56. The van der Waals surface area contributed by atoms with Crippen LogP contribution in [-0.4, -0.2) is 38.0 Å². The van der Waals surface area contributed by atoms with E-state index < -0.39 is 0 Å². The molecular weight excluding hydrogens is 296 g/mol. The average Bonchev–Trinajstić information content (AvgIpc) is 3.04. The van der Waals surface area contributed by atoms with Crippen LogP contribution in [0.2, 0.25) is 0 Å². The van der Waals surface area contributed by atoms with Crippen molar-refractivity contribution in [2.75, 3.05) is 26.2 Å². The molecule has 0 aliphatic heterocycles. The van der Waals surface area contributed by atoms with Crippen molar-refractivity contribution in [2.24, 2.45) is 4.99 Å². The molecule has 0 radical (unpaired) electrons. The molecule has 5 nitrogen and oxygen atoms in total. The predicted molar refractivity (Wildman–Crippen MR) is 94.6 cm³/mol. The van der Waals surface area contributed by atoms with E-state index in [1.54, 1.807) is 11.3 Å². The van der Waals surface area contributed by atoms with Crippen LogP contribution in [0.3, 0.4) is 0 Å². The highest BCUT2D eigenvalue weighted by Gasteiger charge is 2.07. The molecule has 1 aromatic rings. The van der Waals surface area contributed by atoms with E-state index >= 15 is 0 Å². The maximum absolute atomic E-state index is 11.6. The number of thiophene rings is 1.